The molecule has 0 spiro atoms. The summed E-state index contributed by atoms with van der Waals surface area (Å²) in [7, 11) is 0. The fourth-order valence-electron chi connectivity index (χ4n) is 4.37. The number of ether oxygens (including phenoxy) is 2. The highest BCUT2D eigenvalue weighted by atomic mass is 16.5. The minimum absolute atomic E-state index is 0.0456. The molecule has 1 amide bonds. The zero-order valence-electron chi connectivity index (χ0n) is 18.7. The van der Waals surface area contributed by atoms with E-state index in [4.69, 9.17) is 14.5 Å². The number of rotatable bonds is 5. The number of fused-ring (bicyclic) bond motifs is 1. The Balaban J connectivity index is 1.25. The summed E-state index contributed by atoms with van der Waals surface area (Å²) in [4.78, 5) is 32.4. The van der Waals surface area contributed by atoms with Crippen LogP contribution in [0.4, 0.5) is 5.82 Å². The molecule has 33 heavy (non-hydrogen) atoms. The molecule has 4 heterocycles. The maximum absolute atomic E-state index is 12.5. The van der Waals surface area contributed by atoms with Gasteiger partial charge in [0, 0.05) is 43.3 Å². The number of pyridine rings is 2. The highest BCUT2D eigenvalue weighted by molar-refractivity contribution is 5.90. The van der Waals surface area contributed by atoms with Crippen molar-refractivity contribution >= 4 is 22.6 Å². The highest BCUT2D eigenvalue weighted by Crippen LogP contribution is 2.31. The Morgan fingerprint density at radius 1 is 1.09 bits per heavy atom. The number of amides is 1. The topological polar surface area (TPSA) is 102 Å². The number of carbonyl (C=O) groups excluding carboxylic acids is 1. The fourth-order valence-corrected chi connectivity index (χ4v) is 4.37. The second-order valence-corrected chi connectivity index (χ2v) is 8.54. The maximum atomic E-state index is 12.5. The van der Waals surface area contributed by atoms with Crippen molar-refractivity contribution in [1.29, 1.82) is 0 Å². The van der Waals surface area contributed by atoms with E-state index in [2.05, 4.69) is 25.2 Å². The van der Waals surface area contributed by atoms with Crippen LogP contribution in [0.5, 0.6) is 5.88 Å². The summed E-state index contributed by atoms with van der Waals surface area (Å²) >= 11 is 0. The van der Waals surface area contributed by atoms with Gasteiger partial charge in [-0.05, 0) is 50.8 Å². The van der Waals surface area contributed by atoms with Gasteiger partial charge >= 0.3 is 0 Å². The van der Waals surface area contributed by atoms with Crippen LogP contribution in [0.2, 0.25) is 0 Å². The molecule has 0 aromatic carbocycles. The molecule has 1 N–H and O–H groups in total. The molecule has 172 valence electrons. The first-order chi connectivity index (χ1) is 16.2. The van der Waals surface area contributed by atoms with Gasteiger partial charge in [-0.2, -0.15) is 4.98 Å². The van der Waals surface area contributed by atoms with Crippen LogP contribution < -0.4 is 15.0 Å². The average molecular weight is 449 g/mol. The Bertz CT molecular complexity index is 1130. The number of anilines is 1. The standard InChI is InChI=1S/C24H28N6O3/c1-16-8-10-26-22(27-16)23(31)28-17-4-6-18(7-5-17)33-24-19-3-2-9-25-20(19)15-21(29-24)30-11-13-32-14-12-30/h2-3,8-10,15,17-18H,4-7,11-14H2,1H3,(H,28,31). The number of nitrogens with one attached hydrogen (secondary N) is 1. The normalized spacial score (nSPS) is 21.1. The van der Waals surface area contributed by atoms with Crippen LogP contribution in [0.1, 0.15) is 42.0 Å². The number of morpholine rings is 1. The zero-order valence-corrected chi connectivity index (χ0v) is 18.7. The average Bonchev–Trinajstić information content (AvgIpc) is 2.85. The molecule has 2 aliphatic rings. The van der Waals surface area contributed by atoms with Crippen LogP contribution in [0, 0.1) is 6.92 Å². The van der Waals surface area contributed by atoms with Gasteiger partial charge in [-0.15, -0.1) is 0 Å². The Morgan fingerprint density at radius 3 is 2.70 bits per heavy atom. The van der Waals surface area contributed by atoms with Crippen molar-refractivity contribution in [2.45, 2.75) is 44.8 Å². The van der Waals surface area contributed by atoms with Gasteiger partial charge in [0.15, 0.2) is 0 Å². The fraction of sp³-hybridized carbons (Fsp3) is 0.458. The summed E-state index contributed by atoms with van der Waals surface area (Å²) < 4.78 is 11.9. The zero-order chi connectivity index (χ0) is 22.6. The van der Waals surface area contributed by atoms with Crippen LogP contribution in [-0.4, -0.2) is 64.3 Å². The van der Waals surface area contributed by atoms with Crippen molar-refractivity contribution in [3.63, 3.8) is 0 Å². The number of nitrogens with zero attached hydrogens (tertiary/aromatic N) is 5. The minimum atomic E-state index is -0.222. The van der Waals surface area contributed by atoms with Crippen LogP contribution >= 0.6 is 0 Å². The van der Waals surface area contributed by atoms with Crippen molar-refractivity contribution in [3.05, 3.63) is 48.2 Å². The number of hydrogen-bond donors (Lipinski definition) is 1. The minimum Gasteiger partial charge on any atom is -0.474 e. The summed E-state index contributed by atoms with van der Waals surface area (Å²) in [6.07, 6.45) is 6.79. The highest BCUT2D eigenvalue weighted by Gasteiger charge is 2.26. The lowest BCUT2D eigenvalue weighted by Crippen LogP contribution is -2.40. The molecule has 9 nitrogen and oxygen atoms in total. The Labute approximate surface area is 192 Å². The number of carbonyl (C=O) groups is 1. The first kappa shape index (κ1) is 21.5. The van der Waals surface area contributed by atoms with Crippen LogP contribution in [0.3, 0.4) is 0 Å². The Morgan fingerprint density at radius 2 is 1.91 bits per heavy atom. The number of hydrogen-bond acceptors (Lipinski definition) is 8. The van der Waals surface area contributed by atoms with E-state index in [-0.39, 0.29) is 23.9 Å². The van der Waals surface area contributed by atoms with Crippen molar-refractivity contribution in [2.24, 2.45) is 0 Å². The molecule has 3 aromatic rings. The van der Waals surface area contributed by atoms with E-state index < -0.39 is 0 Å². The molecule has 0 radical (unpaired) electrons. The summed E-state index contributed by atoms with van der Waals surface area (Å²) in [5, 5.41) is 3.98. The molecule has 1 saturated heterocycles. The third kappa shape index (κ3) is 5.03. The molecule has 1 aliphatic heterocycles. The number of aromatic nitrogens is 4. The van der Waals surface area contributed by atoms with Gasteiger partial charge in [0.25, 0.3) is 5.91 Å². The molecule has 9 heteroatoms. The first-order valence-electron chi connectivity index (χ1n) is 11.5. The van der Waals surface area contributed by atoms with Crippen LogP contribution in [0.15, 0.2) is 36.7 Å². The third-order valence-corrected chi connectivity index (χ3v) is 6.17. The lowest BCUT2D eigenvalue weighted by atomic mass is 9.93. The van der Waals surface area contributed by atoms with Crippen molar-refractivity contribution in [1.82, 2.24) is 25.3 Å². The van der Waals surface area contributed by atoms with Gasteiger partial charge in [-0.25, -0.2) is 9.97 Å². The summed E-state index contributed by atoms with van der Waals surface area (Å²) in [6.45, 7) is 4.85. The lowest BCUT2D eigenvalue weighted by molar-refractivity contribution is 0.0881. The van der Waals surface area contributed by atoms with Gasteiger partial charge in [-0.3, -0.25) is 9.78 Å². The second-order valence-electron chi connectivity index (χ2n) is 8.54. The molecule has 0 unspecified atom stereocenters. The SMILES string of the molecule is Cc1ccnc(C(=O)NC2CCC(Oc3nc(N4CCOCC4)cc4ncccc34)CC2)n1. The molecular formula is C24H28N6O3. The smallest absolute Gasteiger partial charge is 0.289 e. The van der Waals surface area contributed by atoms with Gasteiger partial charge in [0.2, 0.25) is 11.7 Å². The molecule has 5 rings (SSSR count). The van der Waals surface area contributed by atoms with E-state index in [1.54, 1.807) is 18.5 Å². The van der Waals surface area contributed by atoms with E-state index in [1.165, 1.54) is 0 Å². The third-order valence-electron chi connectivity index (χ3n) is 6.17. The van der Waals surface area contributed by atoms with E-state index >= 15 is 0 Å². The first-order valence-corrected chi connectivity index (χ1v) is 11.5. The van der Waals surface area contributed by atoms with Crippen LogP contribution in [-0.2, 0) is 4.74 Å². The summed E-state index contributed by atoms with van der Waals surface area (Å²) in [6, 6.07) is 7.80. The van der Waals surface area contributed by atoms with Gasteiger partial charge in [0.05, 0.1) is 24.1 Å². The predicted octanol–water partition coefficient (Wildman–Crippen LogP) is 2.68. The Hall–Kier alpha value is -3.33. The van der Waals surface area contributed by atoms with E-state index in [0.717, 1.165) is 61.2 Å². The largest absolute Gasteiger partial charge is 0.474 e. The molecular weight excluding hydrogens is 420 g/mol. The Kier molecular flexibility index (Phi) is 6.30. The molecule has 2 fully saturated rings. The summed E-state index contributed by atoms with van der Waals surface area (Å²) in [5.41, 5.74) is 1.66. The van der Waals surface area contributed by atoms with Crippen molar-refractivity contribution < 1.29 is 14.3 Å². The van der Waals surface area contributed by atoms with E-state index in [0.29, 0.717) is 19.1 Å². The molecule has 1 saturated carbocycles. The van der Waals surface area contributed by atoms with Crippen molar-refractivity contribution in [3.8, 4) is 5.88 Å². The molecule has 0 atom stereocenters. The predicted molar refractivity (Wildman–Crippen MR) is 123 cm³/mol. The monoisotopic (exact) mass is 448 g/mol. The quantitative estimate of drug-likeness (QED) is 0.636. The molecule has 0 bridgehead atoms. The summed E-state index contributed by atoms with van der Waals surface area (Å²) in [5.74, 6) is 1.50. The number of aryl methyl sites for hydroxylation is 1. The molecule has 1 aliphatic carbocycles. The van der Waals surface area contributed by atoms with E-state index in [1.807, 2.05) is 25.1 Å². The van der Waals surface area contributed by atoms with Gasteiger partial charge in [0.1, 0.15) is 11.9 Å². The lowest BCUT2D eigenvalue weighted by Gasteiger charge is -2.30. The van der Waals surface area contributed by atoms with Gasteiger partial charge < -0.3 is 19.7 Å². The molecule has 3 aromatic heterocycles. The second kappa shape index (κ2) is 9.66. The van der Waals surface area contributed by atoms with Crippen molar-refractivity contribution in [2.75, 3.05) is 31.2 Å². The van der Waals surface area contributed by atoms with Crippen LogP contribution in [0.25, 0.3) is 10.9 Å². The van der Waals surface area contributed by atoms with E-state index in [9.17, 15) is 4.79 Å². The van der Waals surface area contributed by atoms with Gasteiger partial charge in [-0.1, -0.05) is 0 Å². The maximum Gasteiger partial charge on any atom is 0.289 e.